The third-order valence-electron chi connectivity index (χ3n) is 4.08. The number of carbonyl (C=O) groups excluding carboxylic acids is 1. The fraction of sp³-hybridized carbons (Fsp3) is 0.211. The Morgan fingerprint density at radius 1 is 1.27 bits per heavy atom. The van der Waals surface area contributed by atoms with Crippen molar-refractivity contribution in [2.24, 2.45) is 7.05 Å². The van der Waals surface area contributed by atoms with E-state index in [1.807, 2.05) is 31.2 Å². The number of benzene rings is 2. The first kappa shape index (κ1) is 21.6. The molecule has 30 heavy (non-hydrogen) atoms. The maximum Gasteiger partial charge on any atom is 0.271 e. The second-order valence-electron chi connectivity index (χ2n) is 6.32. The number of anilines is 1. The average molecular weight is 448 g/mol. The lowest BCUT2D eigenvalue weighted by Crippen LogP contribution is -2.15. The van der Waals surface area contributed by atoms with Gasteiger partial charge in [-0.05, 0) is 25.1 Å². The minimum absolute atomic E-state index is 0.0316. The van der Waals surface area contributed by atoms with Crippen LogP contribution < -0.4 is 10.1 Å². The molecule has 1 aromatic heterocycles. The quantitative estimate of drug-likeness (QED) is 0.315. The summed E-state index contributed by atoms with van der Waals surface area (Å²) in [6.07, 6.45) is 0. The second kappa shape index (κ2) is 9.59. The highest BCUT2D eigenvalue weighted by atomic mass is 35.5. The third-order valence-corrected chi connectivity index (χ3v) is 5.43. The monoisotopic (exact) mass is 447 g/mol. The van der Waals surface area contributed by atoms with E-state index in [4.69, 9.17) is 16.3 Å². The minimum Gasteiger partial charge on any atom is -0.486 e. The summed E-state index contributed by atoms with van der Waals surface area (Å²) in [4.78, 5) is 22.6. The summed E-state index contributed by atoms with van der Waals surface area (Å²) >= 11 is 7.18. The number of aromatic nitrogens is 3. The molecule has 9 nitrogen and oxygen atoms in total. The number of aryl methyl sites for hydroxylation is 1. The van der Waals surface area contributed by atoms with Crippen LogP contribution >= 0.6 is 23.4 Å². The average Bonchev–Trinajstić information content (AvgIpc) is 3.07. The molecule has 156 valence electrons. The maximum atomic E-state index is 12.2. The molecule has 0 aliphatic rings. The fourth-order valence-electron chi connectivity index (χ4n) is 2.42. The van der Waals surface area contributed by atoms with Gasteiger partial charge in [0.15, 0.2) is 11.0 Å². The van der Waals surface area contributed by atoms with E-state index >= 15 is 0 Å². The normalized spacial score (nSPS) is 10.6. The zero-order valence-electron chi connectivity index (χ0n) is 16.2. The van der Waals surface area contributed by atoms with Crippen LogP contribution in [-0.4, -0.2) is 31.3 Å². The predicted molar refractivity (Wildman–Crippen MR) is 114 cm³/mol. The molecule has 0 fully saturated rings. The molecule has 0 atom stereocenters. The van der Waals surface area contributed by atoms with Gasteiger partial charge in [0.25, 0.3) is 5.69 Å². The number of hydrogen-bond donors (Lipinski definition) is 1. The molecular weight excluding hydrogens is 430 g/mol. The molecule has 0 saturated carbocycles. The standard InChI is InChI=1S/C19H18ClN5O4S/c1-12-3-6-14(7-4-12)29-10-17-22-23-19(24(17)2)30-11-18(26)21-16-9-13(25(27)28)5-8-15(16)20/h3-9H,10-11H2,1-2H3,(H,21,26). The number of non-ortho nitro benzene ring substituents is 1. The lowest BCUT2D eigenvalue weighted by atomic mass is 10.2. The van der Waals surface area contributed by atoms with Crippen molar-refractivity contribution in [1.29, 1.82) is 0 Å². The molecule has 1 amide bonds. The van der Waals surface area contributed by atoms with Crippen LogP contribution in [0.15, 0.2) is 47.6 Å². The maximum absolute atomic E-state index is 12.2. The number of hydrogen-bond acceptors (Lipinski definition) is 7. The van der Waals surface area contributed by atoms with Gasteiger partial charge in [-0.3, -0.25) is 14.9 Å². The number of rotatable bonds is 8. The van der Waals surface area contributed by atoms with Crippen LogP contribution in [0.2, 0.25) is 5.02 Å². The molecule has 0 saturated heterocycles. The minimum atomic E-state index is -0.555. The molecule has 0 spiro atoms. The molecule has 0 aliphatic heterocycles. The van der Waals surface area contributed by atoms with E-state index in [1.165, 1.54) is 30.0 Å². The molecule has 0 radical (unpaired) electrons. The first-order valence-electron chi connectivity index (χ1n) is 8.78. The second-order valence-corrected chi connectivity index (χ2v) is 7.67. The molecule has 3 aromatic rings. The Bertz CT molecular complexity index is 1070. The van der Waals surface area contributed by atoms with Gasteiger partial charge in [0, 0.05) is 19.2 Å². The molecular formula is C19H18ClN5O4S. The first-order chi connectivity index (χ1) is 14.3. The van der Waals surface area contributed by atoms with Crippen molar-refractivity contribution < 1.29 is 14.5 Å². The SMILES string of the molecule is Cc1ccc(OCc2nnc(SCC(=O)Nc3cc([N+](=O)[O-])ccc3Cl)n2C)cc1. The summed E-state index contributed by atoms with van der Waals surface area (Å²) in [5.74, 6) is 0.998. The number of thioether (sulfide) groups is 1. The van der Waals surface area contributed by atoms with Crippen molar-refractivity contribution in [3.05, 3.63) is 69.0 Å². The summed E-state index contributed by atoms with van der Waals surface area (Å²) in [5, 5.41) is 22.4. The molecule has 3 rings (SSSR count). The number of carbonyl (C=O) groups is 1. The van der Waals surface area contributed by atoms with Gasteiger partial charge in [-0.2, -0.15) is 0 Å². The van der Waals surface area contributed by atoms with E-state index in [1.54, 1.807) is 11.6 Å². The first-order valence-corrected chi connectivity index (χ1v) is 10.1. The summed E-state index contributed by atoms with van der Waals surface area (Å²) in [5.41, 5.74) is 1.17. The number of nitro groups is 1. The van der Waals surface area contributed by atoms with Crippen LogP contribution in [0.3, 0.4) is 0 Å². The largest absolute Gasteiger partial charge is 0.486 e. The smallest absolute Gasteiger partial charge is 0.271 e. The van der Waals surface area contributed by atoms with E-state index < -0.39 is 4.92 Å². The Kier molecular flexibility index (Phi) is 6.91. The van der Waals surface area contributed by atoms with Crippen molar-refractivity contribution in [3.8, 4) is 5.75 Å². The van der Waals surface area contributed by atoms with Crippen LogP contribution in [0.4, 0.5) is 11.4 Å². The summed E-state index contributed by atoms with van der Waals surface area (Å²) in [6.45, 7) is 2.24. The Morgan fingerprint density at radius 3 is 2.70 bits per heavy atom. The van der Waals surface area contributed by atoms with Gasteiger partial charge < -0.3 is 14.6 Å². The summed E-state index contributed by atoms with van der Waals surface area (Å²) in [7, 11) is 1.78. The van der Waals surface area contributed by atoms with Crippen LogP contribution in [0.1, 0.15) is 11.4 Å². The molecule has 1 N–H and O–H groups in total. The highest BCUT2D eigenvalue weighted by molar-refractivity contribution is 7.99. The number of ether oxygens (including phenoxy) is 1. The zero-order valence-corrected chi connectivity index (χ0v) is 17.7. The van der Waals surface area contributed by atoms with Crippen LogP contribution in [-0.2, 0) is 18.4 Å². The molecule has 1 heterocycles. The van der Waals surface area contributed by atoms with Gasteiger partial charge in [0.1, 0.15) is 12.4 Å². The highest BCUT2D eigenvalue weighted by Crippen LogP contribution is 2.27. The molecule has 11 heteroatoms. The van der Waals surface area contributed by atoms with Gasteiger partial charge in [-0.25, -0.2) is 0 Å². The fourth-order valence-corrected chi connectivity index (χ4v) is 3.31. The van der Waals surface area contributed by atoms with Crippen molar-refractivity contribution in [1.82, 2.24) is 14.8 Å². The molecule has 0 aliphatic carbocycles. The van der Waals surface area contributed by atoms with Crippen molar-refractivity contribution in [2.75, 3.05) is 11.1 Å². The lowest BCUT2D eigenvalue weighted by Gasteiger charge is -2.08. The van der Waals surface area contributed by atoms with Crippen LogP contribution in [0.5, 0.6) is 5.75 Å². The van der Waals surface area contributed by atoms with Crippen molar-refractivity contribution in [3.63, 3.8) is 0 Å². The topological polar surface area (TPSA) is 112 Å². The van der Waals surface area contributed by atoms with Crippen molar-refractivity contribution >= 4 is 40.6 Å². The Morgan fingerprint density at radius 2 is 2.00 bits per heavy atom. The van der Waals surface area contributed by atoms with Crippen LogP contribution in [0.25, 0.3) is 0 Å². The number of nitrogens with zero attached hydrogens (tertiary/aromatic N) is 4. The van der Waals surface area contributed by atoms with Gasteiger partial charge in [0.2, 0.25) is 5.91 Å². The Balaban J connectivity index is 1.56. The predicted octanol–water partition coefficient (Wildman–Crippen LogP) is 3.99. The number of amides is 1. The lowest BCUT2D eigenvalue weighted by molar-refractivity contribution is -0.384. The van der Waals surface area contributed by atoms with E-state index in [2.05, 4.69) is 15.5 Å². The molecule has 2 aromatic carbocycles. The van der Waals surface area contributed by atoms with E-state index in [-0.39, 0.29) is 34.7 Å². The van der Waals surface area contributed by atoms with Gasteiger partial charge in [-0.15, -0.1) is 10.2 Å². The van der Waals surface area contributed by atoms with Crippen LogP contribution in [0, 0.1) is 17.0 Å². The highest BCUT2D eigenvalue weighted by Gasteiger charge is 2.15. The summed E-state index contributed by atoms with van der Waals surface area (Å²) < 4.78 is 7.45. The molecule has 0 unspecified atom stereocenters. The van der Waals surface area contributed by atoms with Gasteiger partial charge in [-0.1, -0.05) is 41.1 Å². The third kappa shape index (κ3) is 5.49. The Labute approximate surface area is 181 Å². The van der Waals surface area contributed by atoms with E-state index in [9.17, 15) is 14.9 Å². The number of halogens is 1. The van der Waals surface area contributed by atoms with Crippen molar-refractivity contribution in [2.45, 2.75) is 18.7 Å². The van der Waals surface area contributed by atoms with E-state index in [0.29, 0.717) is 11.0 Å². The zero-order chi connectivity index (χ0) is 21.7. The van der Waals surface area contributed by atoms with E-state index in [0.717, 1.165) is 11.3 Å². The number of nitro benzene ring substituents is 1. The molecule has 0 bridgehead atoms. The van der Waals surface area contributed by atoms with Gasteiger partial charge in [0.05, 0.1) is 21.4 Å². The summed E-state index contributed by atoms with van der Waals surface area (Å²) in [6, 6.07) is 11.5. The number of nitrogens with one attached hydrogen (secondary N) is 1. The Hall–Kier alpha value is -3.11. The van der Waals surface area contributed by atoms with Gasteiger partial charge >= 0.3 is 0 Å².